The molecule has 3 nitrogen and oxygen atoms in total. The first kappa shape index (κ1) is 12.8. The van der Waals surface area contributed by atoms with Crippen molar-refractivity contribution in [2.45, 2.75) is 6.42 Å². The number of rotatable bonds is 4. The van der Waals surface area contributed by atoms with Gasteiger partial charge in [0.25, 0.3) is 0 Å². The molecule has 1 aromatic rings. The van der Waals surface area contributed by atoms with Crippen LogP contribution < -0.4 is 0 Å². The van der Waals surface area contributed by atoms with E-state index in [1.807, 2.05) is 30.4 Å². The third-order valence-electron chi connectivity index (χ3n) is 2.97. The largest absolute Gasteiger partial charge is 0.507 e. The molecule has 1 aromatic carbocycles. The quantitative estimate of drug-likeness (QED) is 0.661. The first-order chi connectivity index (χ1) is 9.24. The lowest BCUT2D eigenvalue weighted by Gasteiger charge is -2.06. The summed E-state index contributed by atoms with van der Waals surface area (Å²) < 4.78 is 0. The Morgan fingerprint density at radius 1 is 1.37 bits per heavy atom. The lowest BCUT2D eigenvalue weighted by molar-refractivity contribution is 0.112. The number of carbonyl (C=O) groups excluding carboxylic acids is 1. The van der Waals surface area contributed by atoms with Crippen LogP contribution in [0.3, 0.4) is 0 Å². The van der Waals surface area contributed by atoms with Gasteiger partial charge >= 0.3 is 0 Å². The number of phenolic OH excluding ortho intramolecular Hbond substituents is 1. The number of aromatic hydroxyl groups is 1. The van der Waals surface area contributed by atoms with E-state index in [9.17, 15) is 9.90 Å². The van der Waals surface area contributed by atoms with Crippen molar-refractivity contribution in [1.82, 2.24) is 0 Å². The van der Waals surface area contributed by atoms with Crippen LogP contribution in [-0.2, 0) is 6.42 Å². The summed E-state index contributed by atoms with van der Waals surface area (Å²) in [5.74, 6) is 0.0854. The van der Waals surface area contributed by atoms with Crippen molar-refractivity contribution >= 4 is 6.29 Å². The van der Waals surface area contributed by atoms with E-state index in [1.54, 1.807) is 18.2 Å². The van der Waals surface area contributed by atoms with E-state index in [1.165, 1.54) is 0 Å². The number of benzene rings is 1. The molecule has 1 aliphatic rings. The van der Waals surface area contributed by atoms with Gasteiger partial charge in [0.15, 0.2) is 6.29 Å². The molecule has 0 aliphatic heterocycles. The van der Waals surface area contributed by atoms with Crippen LogP contribution >= 0.6 is 0 Å². The van der Waals surface area contributed by atoms with E-state index in [0.717, 1.165) is 0 Å². The molecule has 94 valence electrons. The van der Waals surface area contributed by atoms with E-state index in [4.69, 9.17) is 5.26 Å². The summed E-state index contributed by atoms with van der Waals surface area (Å²) in [5.41, 5.74) is 1.40. The highest BCUT2D eigenvalue weighted by atomic mass is 16.3. The lowest BCUT2D eigenvalue weighted by atomic mass is 9.99. The Bertz CT molecular complexity index is 606. The number of phenols is 1. The summed E-state index contributed by atoms with van der Waals surface area (Å²) in [5, 5.41) is 19.0. The number of hydrogen-bond donors (Lipinski definition) is 1. The summed E-state index contributed by atoms with van der Waals surface area (Å²) in [7, 11) is 0. The number of aldehydes is 1. The summed E-state index contributed by atoms with van der Waals surface area (Å²) in [6.45, 7) is 0. The van der Waals surface area contributed by atoms with Crippen LogP contribution in [0.25, 0.3) is 0 Å². The standard InChI is InChI=1S/C16H13NO2/c17-10-13(8-12-4-1-2-5-12)9-14-6-3-7-15(11-18)16(14)19/h1-8,11-12,19H,9H2/b13-8+. The highest BCUT2D eigenvalue weighted by molar-refractivity contribution is 5.80. The molecule has 1 N–H and O–H groups in total. The van der Waals surface area contributed by atoms with E-state index in [0.29, 0.717) is 23.8 Å². The zero-order valence-corrected chi connectivity index (χ0v) is 10.3. The second-order valence-corrected chi connectivity index (χ2v) is 4.30. The van der Waals surface area contributed by atoms with Crippen molar-refractivity contribution in [1.29, 1.82) is 5.26 Å². The zero-order chi connectivity index (χ0) is 13.7. The number of hydrogen-bond acceptors (Lipinski definition) is 3. The number of nitrogens with zero attached hydrogens (tertiary/aromatic N) is 1. The molecule has 0 saturated carbocycles. The lowest BCUT2D eigenvalue weighted by Crippen LogP contribution is -1.95. The summed E-state index contributed by atoms with van der Waals surface area (Å²) >= 11 is 0. The molecule has 2 rings (SSSR count). The first-order valence-electron chi connectivity index (χ1n) is 5.96. The van der Waals surface area contributed by atoms with Gasteiger partial charge in [0.2, 0.25) is 0 Å². The Morgan fingerprint density at radius 3 is 2.74 bits per heavy atom. The molecule has 0 atom stereocenters. The maximum absolute atomic E-state index is 10.8. The predicted octanol–water partition coefficient (Wildman–Crippen LogP) is 2.94. The molecular weight excluding hydrogens is 238 g/mol. The average molecular weight is 251 g/mol. The minimum absolute atomic E-state index is 0.0452. The molecular formula is C16H13NO2. The maximum Gasteiger partial charge on any atom is 0.153 e. The topological polar surface area (TPSA) is 61.1 Å². The normalized spacial score (nSPS) is 14.6. The number of nitriles is 1. The third-order valence-corrected chi connectivity index (χ3v) is 2.97. The van der Waals surface area contributed by atoms with E-state index in [-0.39, 0.29) is 17.2 Å². The smallest absolute Gasteiger partial charge is 0.153 e. The predicted molar refractivity (Wildman–Crippen MR) is 72.7 cm³/mol. The highest BCUT2D eigenvalue weighted by Crippen LogP contribution is 2.24. The Kier molecular flexibility index (Phi) is 3.94. The van der Waals surface area contributed by atoms with Crippen LogP contribution in [0.15, 0.2) is 54.2 Å². The van der Waals surface area contributed by atoms with Crippen molar-refractivity contribution in [3.63, 3.8) is 0 Å². The molecule has 0 fully saturated rings. The van der Waals surface area contributed by atoms with Gasteiger partial charge in [-0.2, -0.15) is 5.26 Å². The molecule has 0 saturated heterocycles. The summed E-state index contributed by atoms with van der Waals surface area (Å²) in [6.07, 6.45) is 10.6. The third kappa shape index (κ3) is 2.99. The fourth-order valence-electron chi connectivity index (χ4n) is 1.98. The maximum atomic E-state index is 10.8. The molecule has 1 aliphatic carbocycles. The molecule has 0 unspecified atom stereocenters. The Morgan fingerprint density at radius 2 is 2.11 bits per heavy atom. The van der Waals surface area contributed by atoms with Crippen LogP contribution in [0.5, 0.6) is 5.75 Å². The van der Waals surface area contributed by atoms with Crippen molar-refractivity contribution in [3.8, 4) is 11.8 Å². The Hall–Kier alpha value is -2.60. The van der Waals surface area contributed by atoms with Crippen molar-refractivity contribution in [3.05, 3.63) is 65.3 Å². The van der Waals surface area contributed by atoms with Crippen LogP contribution in [0.4, 0.5) is 0 Å². The van der Waals surface area contributed by atoms with Crippen LogP contribution in [0.2, 0.25) is 0 Å². The Labute approximate surface area is 111 Å². The van der Waals surface area contributed by atoms with Gasteiger partial charge < -0.3 is 5.11 Å². The number of allylic oxidation sites excluding steroid dienone is 6. The molecule has 0 heterocycles. The molecule has 0 spiro atoms. The van der Waals surface area contributed by atoms with Gasteiger partial charge in [-0.3, -0.25) is 4.79 Å². The SMILES string of the molecule is N#C/C(=C/C1C=CC=C1)Cc1cccc(C=O)c1O. The molecule has 0 amide bonds. The molecule has 0 bridgehead atoms. The van der Waals surface area contributed by atoms with Crippen LogP contribution in [0.1, 0.15) is 15.9 Å². The van der Waals surface area contributed by atoms with Gasteiger partial charge in [-0.05, 0) is 11.6 Å². The van der Waals surface area contributed by atoms with Gasteiger partial charge in [0.05, 0.1) is 11.6 Å². The second kappa shape index (κ2) is 5.83. The van der Waals surface area contributed by atoms with Crippen molar-refractivity contribution < 1.29 is 9.90 Å². The zero-order valence-electron chi connectivity index (χ0n) is 10.3. The van der Waals surface area contributed by atoms with Gasteiger partial charge in [-0.15, -0.1) is 0 Å². The molecule has 3 heteroatoms. The number of para-hydroxylation sites is 1. The van der Waals surface area contributed by atoms with E-state index in [2.05, 4.69) is 6.07 Å². The van der Waals surface area contributed by atoms with Gasteiger partial charge in [0.1, 0.15) is 5.75 Å². The van der Waals surface area contributed by atoms with Crippen LogP contribution in [0, 0.1) is 17.2 Å². The fraction of sp³-hybridized carbons (Fsp3) is 0.125. The van der Waals surface area contributed by atoms with Crippen molar-refractivity contribution in [2.75, 3.05) is 0 Å². The first-order valence-corrected chi connectivity index (χ1v) is 5.96. The average Bonchev–Trinajstić information content (AvgIpc) is 2.93. The molecule has 19 heavy (non-hydrogen) atoms. The summed E-state index contributed by atoms with van der Waals surface area (Å²) in [6, 6.07) is 7.10. The fourth-order valence-corrected chi connectivity index (χ4v) is 1.98. The minimum atomic E-state index is -0.0452. The van der Waals surface area contributed by atoms with Crippen LogP contribution in [-0.4, -0.2) is 11.4 Å². The summed E-state index contributed by atoms with van der Waals surface area (Å²) in [4.78, 5) is 10.8. The Balaban J connectivity index is 2.24. The van der Waals surface area contributed by atoms with E-state index >= 15 is 0 Å². The van der Waals surface area contributed by atoms with Gasteiger partial charge in [-0.25, -0.2) is 0 Å². The van der Waals surface area contributed by atoms with E-state index < -0.39 is 0 Å². The minimum Gasteiger partial charge on any atom is -0.507 e. The second-order valence-electron chi connectivity index (χ2n) is 4.30. The highest BCUT2D eigenvalue weighted by Gasteiger charge is 2.09. The number of carbonyl (C=O) groups is 1. The molecule has 0 radical (unpaired) electrons. The van der Waals surface area contributed by atoms with Gasteiger partial charge in [0, 0.05) is 17.9 Å². The molecule has 0 aromatic heterocycles. The van der Waals surface area contributed by atoms with Gasteiger partial charge in [-0.1, -0.05) is 42.5 Å². The van der Waals surface area contributed by atoms with Crippen molar-refractivity contribution in [2.24, 2.45) is 5.92 Å². The monoisotopic (exact) mass is 251 g/mol.